The van der Waals surface area contributed by atoms with Gasteiger partial charge in [-0.05, 0) is 19.1 Å². The van der Waals surface area contributed by atoms with E-state index in [-0.39, 0.29) is 12.3 Å². The van der Waals surface area contributed by atoms with Crippen LogP contribution in [0.5, 0.6) is 0 Å². The van der Waals surface area contributed by atoms with E-state index in [0.29, 0.717) is 24.1 Å². The van der Waals surface area contributed by atoms with Crippen molar-refractivity contribution in [3.8, 4) is 0 Å². The van der Waals surface area contributed by atoms with Crippen LogP contribution >= 0.6 is 0 Å². The van der Waals surface area contributed by atoms with Gasteiger partial charge in [0.05, 0.1) is 5.69 Å². The molecule has 5 nitrogen and oxygen atoms in total. The minimum absolute atomic E-state index is 0.138. The largest absolute Gasteiger partial charge is 0.374 e. The van der Waals surface area contributed by atoms with Gasteiger partial charge in [0, 0.05) is 25.8 Å². The number of hydrogen-bond donors (Lipinski definition) is 2. The number of aromatic nitrogens is 2. The molecule has 0 aliphatic rings. The summed E-state index contributed by atoms with van der Waals surface area (Å²) in [6.07, 6.45) is 0. The normalized spacial score (nSPS) is 10.5. The molecule has 2 N–H and O–H groups in total. The predicted molar refractivity (Wildman–Crippen MR) is 76.5 cm³/mol. The van der Waals surface area contributed by atoms with Gasteiger partial charge < -0.3 is 15.4 Å². The quantitative estimate of drug-likeness (QED) is 0.857. The SMILES string of the molecule is CCOCc1nc(NC)cc(Nc2ccc(F)cc2F)n1. The summed E-state index contributed by atoms with van der Waals surface area (Å²) < 4.78 is 31.8. The van der Waals surface area contributed by atoms with E-state index >= 15 is 0 Å². The maximum absolute atomic E-state index is 13.6. The molecule has 0 saturated carbocycles. The van der Waals surface area contributed by atoms with Crippen molar-refractivity contribution in [1.29, 1.82) is 0 Å². The number of anilines is 3. The summed E-state index contributed by atoms with van der Waals surface area (Å²) in [5, 5.41) is 5.70. The van der Waals surface area contributed by atoms with E-state index in [9.17, 15) is 8.78 Å². The standard InChI is InChI=1S/C14H16F2N4O/c1-3-21-8-14-19-12(17-2)7-13(20-14)18-11-5-4-9(15)6-10(11)16/h4-7H,3,8H2,1-2H3,(H2,17,18,19,20). The van der Waals surface area contributed by atoms with E-state index in [4.69, 9.17) is 4.74 Å². The van der Waals surface area contributed by atoms with Gasteiger partial charge in [0.1, 0.15) is 29.9 Å². The molecule has 7 heteroatoms. The fourth-order valence-corrected chi connectivity index (χ4v) is 1.68. The van der Waals surface area contributed by atoms with Crippen molar-refractivity contribution in [2.24, 2.45) is 0 Å². The zero-order valence-electron chi connectivity index (χ0n) is 11.8. The zero-order chi connectivity index (χ0) is 15.2. The van der Waals surface area contributed by atoms with Gasteiger partial charge in [-0.15, -0.1) is 0 Å². The summed E-state index contributed by atoms with van der Waals surface area (Å²) in [6.45, 7) is 2.67. The topological polar surface area (TPSA) is 59.1 Å². The first-order valence-electron chi connectivity index (χ1n) is 6.48. The molecule has 0 spiro atoms. The van der Waals surface area contributed by atoms with E-state index in [1.165, 1.54) is 12.1 Å². The highest BCUT2D eigenvalue weighted by Gasteiger charge is 2.08. The van der Waals surface area contributed by atoms with Crippen molar-refractivity contribution in [3.05, 3.63) is 41.7 Å². The minimum atomic E-state index is -0.689. The lowest BCUT2D eigenvalue weighted by atomic mass is 10.3. The summed E-state index contributed by atoms with van der Waals surface area (Å²) in [7, 11) is 1.72. The Morgan fingerprint density at radius 2 is 1.90 bits per heavy atom. The molecular weight excluding hydrogens is 278 g/mol. The highest BCUT2D eigenvalue weighted by Crippen LogP contribution is 2.21. The number of rotatable bonds is 6. The van der Waals surface area contributed by atoms with Crippen LogP contribution in [0.3, 0.4) is 0 Å². The lowest BCUT2D eigenvalue weighted by Crippen LogP contribution is -2.06. The van der Waals surface area contributed by atoms with Crippen LogP contribution in [-0.2, 0) is 11.3 Å². The van der Waals surface area contributed by atoms with Gasteiger partial charge in [-0.1, -0.05) is 0 Å². The third-order valence-electron chi connectivity index (χ3n) is 2.66. The van der Waals surface area contributed by atoms with Crippen molar-refractivity contribution in [3.63, 3.8) is 0 Å². The molecular formula is C14H16F2N4O. The monoisotopic (exact) mass is 294 g/mol. The smallest absolute Gasteiger partial charge is 0.158 e. The van der Waals surface area contributed by atoms with Gasteiger partial charge in [0.25, 0.3) is 0 Å². The maximum Gasteiger partial charge on any atom is 0.158 e. The summed E-state index contributed by atoms with van der Waals surface area (Å²) in [5.41, 5.74) is 0.138. The van der Waals surface area contributed by atoms with Crippen LogP contribution in [0.15, 0.2) is 24.3 Å². The lowest BCUT2D eigenvalue weighted by molar-refractivity contribution is 0.128. The first-order chi connectivity index (χ1) is 10.1. The molecule has 0 atom stereocenters. The van der Waals surface area contributed by atoms with Gasteiger partial charge in [-0.3, -0.25) is 0 Å². The Hall–Kier alpha value is -2.28. The molecule has 0 aliphatic heterocycles. The van der Waals surface area contributed by atoms with Crippen molar-refractivity contribution in [2.45, 2.75) is 13.5 Å². The maximum atomic E-state index is 13.6. The molecule has 0 saturated heterocycles. The van der Waals surface area contributed by atoms with Crippen LogP contribution in [0.2, 0.25) is 0 Å². The molecule has 1 heterocycles. The van der Waals surface area contributed by atoms with Crippen LogP contribution < -0.4 is 10.6 Å². The number of nitrogens with zero attached hydrogens (tertiary/aromatic N) is 2. The van der Waals surface area contributed by atoms with Gasteiger partial charge in [-0.25, -0.2) is 18.7 Å². The summed E-state index contributed by atoms with van der Waals surface area (Å²) >= 11 is 0. The highest BCUT2D eigenvalue weighted by atomic mass is 19.1. The Labute approximate surface area is 121 Å². The van der Waals surface area contributed by atoms with Gasteiger partial charge in [-0.2, -0.15) is 0 Å². The molecule has 0 unspecified atom stereocenters. The Morgan fingerprint density at radius 3 is 2.57 bits per heavy atom. The number of hydrogen-bond acceptors (Lipinski definition) is 5. The van der Waals surface area contributed by atoms with Crippen molar-refractivity contribution < 1.29 is 13.5 Å². The fraction of sp³-hybridized carbons (Fsp3) is 0.286. The summed E-state index contributed by atoms with van der Waals surface area (Å²) in [4.78, 5) is 8.46. The molecule has 1 aromatic carbocycles. The van der Waals surface area contributed by atoms with Gasteiger partial charge in [0.2, 0.25) is 0 Å². The van der Waals surface area contributed by atoms with Crippen molar-refractivity contribution in [1.82, 2.24) is 9.97 Å². The predicted octanol–water partition coefficient (Wildman–Crippen LogP) is 3.08. The summed E-state index contributed by atoms with van der Waals surface area (Å²) in [6, 6.07) is 4.92. The second-order valence-corrected chi connectivity index (χ2v) is 4.19. The second-order valence-electron chi connectivity index (χ2n) is 4.19. The average Bonchev–Trinajstić information content (AvgIpc) is 2.48. The van der Waals surface area contributed by atoms with E-state index in [1.54, 1.807) is 13.1 Å². The minimum Gasteiger partial charge on any atom is -0.374 e. The Balaban J connectivity index is 2.25. The van der Waals surface area contributed by atoms with E-state index in [2.05, 4.69) is 20.6 Å². The number of nitrogens with one attached hydrogen (secondary N) is 2. The van der Waals surface area contributed by atoms with Crippen molar-refractivity contribution >= 4 is 17.3 Å². The Bertz CT molecular complexity index is 622. The molecule has 112 valence electrons. The Kier molecular flexibility index (Phi) is 4.99. The lowest BCUT2D eigenvalue weighted by Gasteiger charge is -2.10. The van der Waals surface area contributed by atoms with Crippen LogP contribution in [-0.4, -0.2) is 23.6 Å². The third-order valence-corrected chi connectivity index (χ3v) is 2.66. The third kappa shape index (κ3) is 4.09. The second kappa shape index (κ2) is 6.94. The molecule has 0 fully saturated rings. The molecule has 0 aliphatic carbocycles. The molecule has 0 amide bonds. The van der Waals surface area contributed by atoms with Gasteiger partial charge in [0.15, 0.2) is 5.82 Å². The van der Waals surface area contributed by atoms with Crippen LogP contribution in [0, 0.1) is 11.6 Å². The molecule has 0 radical (unpaired) electrons. The zero-order valence-corrected chi connectivity index (χ0v) is 11.8. The molecule has 2 aromatic rings. The summed E-state index contributed by atoms with van der Waals surface area (Å²) in [5.74, 6) is 0.118. The van der Waals surface area contributed by atoms with E-state index in [1.807, 2.05) is 6.92 Å². The molecule has 2 rings (SSSR count). The fourth-order valence-electron chi connectivity index (χ4n) is 1.68. The highest BCUT2D eigenvalue weighted by molar-refractivity contribution is 5.59. The first-order valence-corrected chi connectivity index (χ1v) is 6.48. The van der Waals surface area contributed by atoms with Gasteiger partial charge >= 0.3 is 0 Å². The van der Waals surface area contributed by atoms with Crippen LogP contribution in [0.25, 0.3) is 0 Å². The first kappa shape index (κ1) is 15.1. The Morgan fingerprint density at radius 1 is 1.14 bits per heavy atom. The average molecular weight is 294 g/mol. The molecule has 21 heavy (non-hydrogen) atoms. The van der Waals surface area contributed by atoms with Crippen molar-refractivity contribution in [2.75, 3.05) is 24.3 Å². The number of ether oxygens (including phenoxy) is 1. The number of halogens is 2. The molecule has 0 bridgehead atoms. The van der Waals surface area contributed by atoms with Crippen LogP contribution in [0.1, 0.15) is 12.7 Å². The number of benzene rings is 1. The van der Waals surface area contributed by atoms with E-state index in [0.717, 1.165) is 6.07 Å². The molecule has 1 aromatic heterocycles. The van der Waals surface area contributed by atoms with E-state index < -0.39 is 11.6 Å². The van der Waals surface area contributed by atoms with Crippen LogP contribution in [0.4, 0.5) is 26.1 Å².